The van der Waals surface area contributed by atoms with Crippen LogP contribution in [0.3, 0.4) is 0 Å². The van der Waals surface area contributed by atoms with E-state index in [1.165, 1.54) is 7.11 Å². The Morgan fingerprint density at radius 3 is 2.76 bits per heavy atom. The molecule has 1 aromatic carbocycles. The Hall–Kier alpha value is -2.73. The molecule has 4 rings (SSSR count). The number of fused-ring (bicyclic) bond motifs is 1. The van der Waals surface area contributed by atoms with Crippen molar-refractivity contribution >= 4 is 22.8 Å². The number of aromatic nitrogens is 1. The van der Waals surface area contributed by atoms with Crippen molar-refractivity contribution in [2.75, 3.05) is 26.7 Å². The molecule has 1 unspecified atom stereocenters. The first-order valence-corrected chi connectivity index (χ1v) is 10.1. The van der Waals surface area contributed by atoms with E-state index in [0.29, 0.717) is 6.54 Å². The lowest BCUT2D eigenvalue weighted by molar-refractivity contribution is -0.150. The smallest absolute Gasteiger partial charge is 0.311 e. The van der Waals surface area contributed by atoms with Crippen molar-refractivity contribution in [2.45, 2.75) is 31.3 Å². The van der Waals surface area contributed by atoms with Gasteiger partial charge in [0.25, 0.3) is 0 Å². The summed E-state index contributed by atoms with van der Waals surface area (Å²) in [6.07, 6.45) is 3.47. The molecule has 1 aromatic heterocycles. The van der Waals surface area contributed by atoms with Gasteiger partial charge < -0.3 is 9.64 Å². The Bertz CT molecular complexity index is 934. The van der Waals surface area contributed by atoms with Crippen LogP contribution in [0, 0.1) is 5.92 Å². The summed E-state index contributed by atoms with van der Waals surface area (Å²) < 4.78 is 5.03. The van der Waals surface area contributed by atoms with Crippen LogP contribution >= 0.6 is 0 Å². The molecule has 0 bridgehead atoms. The summed E-state index contributed by atoms with van der Waals surface area (Å²) in [6, 6.07) is 12.3. The highest BCUT2D eigenvalue weighted by molar-refractivity contribution is 5.89. The molecule has 6 nitrogen and oxygen atoms in total. The van der Waals surface area contributed by atoms with Crippen molar-refractivity contribution in [1.82, 2.24) is 14.8 Å². The van der Waals surface area contributed by atoms with Crippen LogP contribution in [0.1, 0.15) is 25.0 Å². The monoisotopic (exact) mass is 393 g/mol. The van der Waals surface area contributed by atoms with Gasteiger partial charge in [-0.2, -0.15) is 0 Å². The number of esters is 1. The second kappa shape index (κ2) is 7.95. The average Bonchev–Trinajstić information content (AvgIpc) is 3.01. The summed E-state index contributed by atoms with van der Waals surface area (Å²) >= 11 is 0. The molecule has 2 saturated heterocycles. The normalized spacial score (nSPS) is 21.6. The number of nitrogens with zero attached hydrogens (tertiary/aromatic N) is 3. The predicted octanol–water partition coefficient (Wildman–Crippen LogP) is 2.78. The molecule has 2 fully saturated rings. The topological polar surface area (TPSA) is 62.7 Å². The van der Waals surface area contributed by atoms with Crippen LogP contribution in [0.15, 0.2) is 49.1 Å². The molecule has 2 aromatic rings. The number of likely N-dealkylation sites (tertiary alicyclic amines) is 2. The van der Waals surface area contributed by atoms with Gasteiger partial charge in [-0.25, -0.2) is 0 Å². The molecule has 0 radical (unpaired) electrons. The zero-order chi connectivity index (χ0) is 20.4. The molecule has 2 aliphatic heterocycles. The van der Waals surface area contributed by atoms with Crippen LogP contribution in [0.25, 0.3) is 10.9 Å². The number of benzene rings is 1. The van der Waals surface area contributed by atoms with Gasteiger partial charge in [0.2, 0.25) is 5.91 Å². The number of methoxy groups -OCH3 is 1. The molecule has 152 valence electrons. The molecule has 3 heterocycles. The van der Waals surface area contributed by atoms with E-state index in [2.05, 4.69) is 29.7 Å². The maximum atomic E-state index is 12.6. The molecule has 6 heteroatoms. The number of pyridine rings is 1. The molecule has 0 N–H and O–H groups in total. The van der Waals surface area contributed by atoms with E-state index < -0.39 is 11.5 Å². The van der Waals surface area contributed by atoms with E-state index in [4.69, 9.17) is 9.72 Å². The lowest BCUT2D eigenvalue weighted by Crippen LogP contribution is -2.57. The Labute approximate surface area is 171 Å². The Kier molecular flexibility index (Phi) is 5.37. The van der Waals surface area contributed by atoms with E-state index >= 15 is 0 Å². The number of amides is 1. The summed E-state index contributed by atoms with van der Waals surface area (Å²) in [5, 5.41) is 1.14. The summed E-state index contributed by atoms with van der Waals surface area (Å²) in [5.74, 6) is -0.666. The van der Waals surface area contributed by atoms with E-state index in [1.807, 2.05) is 23.1 Å². The van der Waals surface area contributed by atoms with Gasteiger partial charge in [0.15, 0.2) is 0 Å². The van der Waals surface area contributed by atoms with Crippen molar-refractivity contribution in [3.05, 3.63) is 54.7 Å². The lowest BCUT2D eigenvalue weighted by atomic mass is 9.76. The minimum Gasteiger partial charge on any atom is -0.469 e. The van der Waals surface area contributed by atoms with Gasteiger partial charge in [0.05, 0.1) is 29.8 Å². The van der Waals surface area contributed by atoms with Crippen LogP contribution < -0.4 is 0 Å². The highest BCUT2D eigenvalue weighted by atomic mass is 16.5. The Morgan fingerprint density at radius 1 is 1.28 bits per heavy atom. The van der Waals surface area contributed by atoms with E-state index in [1.54, 1.807) is 6.08 Å². The van der Waals surface area contributed by atoms with Crippen molar-refractivity contribution in [2.24, 2.45) is 5.92 Å². The maximum absolute atomic E-state index is 12.6. The van der Waals surface area contributed by atoms with Gasteiger partial charge >= 0.3 is 5.97 Å². The van der Waals surface area contributed by atoms with E-state index in [9.17, 15) is 9.59 Å². The lowest BCUT2D eigenvalue weighted by Gasteiger charge is -2.46. The Balaban J connectivity index is 1.50. The van der Waals surface area contributed by atoms with Crippen molar-refractivity contribution in [3.8, 4) is 0 Å². The highest BCUT2D eigenvalue weighted by Crippen LogP contribution is 2.44. The third kappa shape index (κ3) is 3.53. The third-order valence-electron chi connectivity index (χ3n) is 6.43. The van der Waals surface area contributed by atoms with Gasteiger partial charge in [0, 0.05) is 38.0 Å². The van der Waals surface area contributed by atoms with Crippen molar-refractivity contribution in [3.63, 3.8) is 0 Å². The van der Waals surface area contributed by atoms with E-state index in [-0.39, 0.29) is 18.3 Å². The number of carbonyl (C=O) groups is 2. The zero-order valence-electron chi connectivity index (χ0n) is 16.8. The summed E-state index contributed by atoms with van der Waals surface area (Å²) in [5.41, 5.74) is 1.57. The summed E-state index contributed by atoms with van der Waals surface area (Å²) in [6.45, 7) is 6.64. The zero-order valence-corrected chi connectivity index (χ0v) is 16.8. The second-order valence-corrected chi connectivity index (χ2v) is 7.95. The average molecular weight is 393 g/mol. The van der Waals surface area contributed by atoms with Gasteiger partial charge in [-0.05, 0) is 25.0 Å². The van der Waals surface area contributed by atoms with E-state index in [0.717, 1.165) is 49.1 Å². The van der Waals surface area contributed by atoms with Crippen molar-refractivity contribution in [1.29, 1.82) is 0 Å². The number of hydrogen-bond acceptors (Lipinski definition) is 5. The molecule has 1 amide bonds. The standard InChI is InChI=1S/C23H27N3O3/c1-3-12-26-21(27)15-19(22(28)29-2)23(26)10-13-25(14-11-23)16-18-9-8-17-6-4-5-7-20(17)24-18/h3-9,19H,1,10-16H2,2H3. The minimum absolute atomic E-state index is 0.0185. The largest absolute Gasteiger partial charge is 0.469 e. The van der Waals surface area contributed by atoms with Gasteiger partial charge in [-0.3, -0.25) is 19.5 Å². The molecule has 0 saturated carbocycles. The van der Waals surface area contributed by atoms with Crippen LogP contribution in [0.5, 0.6) is 0 Å². The van der Waals surface area contributed by atoms with Gasteiger partial charge in [0.1, 0.15) is 0 Å². The number of rotatable bonds is 5. The summed E-state index contributed by atoms with van der Waals surface area (Å²) in [7, 11) is 1.40. The molecule has 29 heavy (non-hydrogen) atoms. The van der Waals surface area contributed by atoms with Crippen LogP contribution in [0.4, 0.5) is 0 Å². The molecule has 0 aliphatic carbocycles. The maximum Gasteiger partial charge on any atom is 0.311 e. The predicted molar refractivity (Wildman–Crippen MR) is 111 cm³/mol. The fourth-order valence-corrected chi connectivity index (χ4v) is 4.91. The molecular weight excluding hydrogens is 366 g/mol. The summed E-state index contributed by atoms with van der Waals surface area (Å²) in [4.78, 5) is 34.0. The first-order valence-electron chi connectivity index (χ1n) is 10.1. The van der Waals surface area contributed by atoms with Gasteiger partial charge in [-0.15, -0.1) is 6.58 Å². The quantitative estimate of drug-likeness (QED) is 0.577. The number of hydrogen-bond donors (Lipinski definition) is 0. The fraction of sp³-hybridized carbons (Fsp3) is 0.435. The number of ether oxygens (including phenoxy) is 1. The SMILES string of the molecule is C=CCN1C(=O)CC(C(=O)OC)C12CCN(Cc1ccc3ccccc3n1)CC2. The molecule has 1 spiro atoms. The van der Waals surface area contributed by atoms with Crippen LogP contribution in [0.2, 0.25) is 0 Å². The highest BCUT2D eigenvalue weighted by Gasteiger charge is 2.56. The number of carbonyl (C=O) groups excluding carboxylic acids is 2. The van der Waals surface area contributed by atoms with Crippen LogP contribution in [-0.4, -0.2) is 58.9 Å². The van der Waals surface area contributed by atoms with Crippen LogP contribution in [-0.2, 0) is 20.9 Å². The fourth-order valence-electron chi connectivity index (χ4n) is 4.91. The number of piperidine rings is 1. The van der Waals surface area contributed by atoms with Gasteiger partial charge in [-0.1, -0.05) is 30.3 Å². The molecular formula is C23H27N3O3. The minimum atomic E-state index is -0.467. The first kappa shape index (κ1) is 19.6. The molecule has 1 atom stereocenters. The first-order chi connectivity index (χ1) is 14.1. The third-order valence-corrected chi connectivity index (χ3v) is 6.43. The molecule has 2 aliphatic rings. The number of para-hydroxylation sites is 1. The van der Waals surface area contributed by atoms with Crippen molar-refractivity contribution < 1.29 is 14.3 Å². The second-order valence-electron chi connectivity index (χ2n) is 7.95. The Morgan fingerprint density at radius 2 is 2.03 bits per heavy atom.